The molecule has 0 bridgehead atoms. The maximum atomic E-state index is 12.4. The Balaban J connectivity index is 2.17. The van der Waals surface area contributed by atoms with E-state index in [1.807, 2.05) is 19.9 Å². The van der Waals surface area contributed by atoms with Gasteiger partial charge in [-0.25, -0.2) is 0 Å². The van der Waals surface area contributed by atoms with Crippen LogP contribution in [-0.4, -0.2) is 35.9 Å². The van der Waals surface area contributed by atoms with Gasteiger partial charge in [-0.3, -0.25) is 9.59 Å². The Hall–Kier alpha value is -1.72. The topological polar surface area (TPSA) is 61.8 Å². The van der Waals surface area contributed by atoms with Crippen LogP contribution in [-0.2, 0) is 23.8 Å². The number of rotatable bonds is 8. The van der Waals surface area contributed by atoms with Gasteiger partial charge in [-0.1, -0.05) is 31.9 Å². The quantitative estimate of drug-likeness (QED) is 0.282. The molecule has 1 aliphatic heterocycles. The van der Waals surface area contributed by atoms with Crippen LogP contribution >= 0.6 is 0 Å². The molecule has 0 aromatic rings. The summed E-state index contributed by atoms with van der Waals surface area (Å²) in [6, 6.07) is 0. The number of esters is 1. The molecule has 2 aliphatic rings. The SMILES string of the molecule is CCCCC/C=C\C[C@]1(OC(C)=O)C=CC(=O)/C1=C\[C@H]1COC(C)(C)O1. The molecule has 2 rings (SSSR count). The van der Waals surface area contributed by atoms with Crippen LogP contribution in [0.5, 0.6) is 0 Å². The maximum Gasteiger partial charge on any atom is 0.303 e. The number of ketones is 1. The number of hydrogen-bond donors (Lipinski definition) is 0. The van der Waals surface area contributed by atoms with Crippen molar-refractivity contribution < 1.29 is 23.8 Å². The van der Waals surface area contributed by atoms with E-state index in [2.05, 4.69) is 13.0 Å². The predicted molar refractivity (Wildman–Crippen MR) is 99.5 cm³/mol. The fraction of sp³-hybridized carbons (Fsp3) is 0.619. The van der Waals surface area contributed by atoms with Crippen LogP contribution < -0.4 is 0 Å². The van der Waals surface area contributed by atoms with E-state index >= 15 is 0 Å². The highest BCUT2D eigenvalue weighted by Crippen LogP contribution is 2.36. The van der Waals surface area contributed by atoms with E-state index in [0.29, 0.717) is 18.6 Å². The van der Waals surface area contributed by atoms with Crippen molar-refractivity contribution >= 4 is 11.8 Å². The normalized spacial score (nSPS) is 29.2. The van der Waals surface area contributed by atoms with Crippen molar-refractivity contribution in [1.82, 2.24) is 0 Å². The Morgan fingerprint density at radius 1 is 1.35 bits per heavy atom. The van der Waals surface area contributed by atoms with Gasteiger partial charge in [0.1, 0.15) is 6.10 Å². The monoisotopic (exact) mass is 362 g/mol. The zero-order chi connectivity index (χ0) is 19.2. The first-order valence-electron chi connectivity index (χ1n) is 9.40. The van der Waals surface area contributed by atoms with Gasteiger partial charge < -0.3 is 14.2 Å². The second kappa shape index (κ2) is 8.78. The van der Waals surface area contributed by atoms with E-state index in [0.717, 1.165) is 12.8 Å². The molecular formula is C21H30O5. The summed E-state index contributed by atoms with van der Waals surface area (Å²) in [6.07, 6.45) is 13.6. The summed E-state index contributed by atoms with van der Waals surface area (Å²) in [4.78, 5) is 24.1. The Morgan fingerprint density at radius 2 is 2.12 bits per heavy atom. The van der Waals surface area contributed by atoms with Gasteiger partial charge >= 0.3 is 5.97 Å². The van der Waals surface area contributed by atoms with E-state index in [1.165, 1.54) is 25.8 Å². The molecule has 0 N–H and O–H groups in total. The van der Waals surface area contributed by atoms with Crippen molar-refractivity contribution in [2.75, 3.05) is 6.61 Å². The van der Waals surface area contributed by atoms with Crippen molar-refractivity contribution in [1.29, 1.82) is 0 Å². The molecule has 0 radical (unpaired) electrons. The lowest BCUT2D eigenvalue weighted by Crippen LogP contribution is -2.34. The maximum absolute atomic E-state index is 12.4. The Kier molecular flexibility index (Phi) is 6.95. The zero-order valence-electron chi connectivity index (χ0n) is 16.2. The average molecular weight is 362 g/mol. The molecule has 5 heteroatoms. The molecule has 5 nitrogen and oxygen atoms in total. The largest absolute Gasteiger partial charge is 0.450 e. The number of carbonyl (C=O) groups is 2. The smallest absolute Gasteiger partial charge is 0.303 e. The van der Waals surface area contributed by atoms with Crippen LogP contribution in [0.3, 0.4) is 0 Å². The van der Waals surface area contributed by atoms with Gasteiger partial charge in [0.25, 0.3) is 0 Å². The second-order valence-electron chi connectivity index (χ2n) is 7.30. The van der Waals surface area contributed by atoms with Crippen molar-refractivity contribution in [3.05, 3.63) is 36.0 Å². The van der Waals surface area contributed by atoms with Crippen LogP contribution in [0.25, 0.3) is 0 Å². The number of allylic oxidation sites excluding steroid dienone is 2. The van der Waals surface area contributed by atoms with E-state index in [1.54, 1.807) is 12.2 Å². The predicted octanol–water partition coefficient (Wildman–Crippen LogP) is 4.03. The minimum atomic E-state index is -1.06. The minimum absolute atomic E-state index is 0.154. The lowest BCUT2D eigenvalue weighted by Gasteiger charge is -2.28. The van der Waals surface area contributed by atoms with E-state index < -0.39 is 17.4 Å². The number of ether oxygens (including phenoxy) is 3. The van der Waals surface area contributed by atoms with E-state index in [9.17, 15) is 9.59 Å². The average Bonchev–Trinajstić information content (AvgIpc) is 3.05. The van der Waals surface area contributed by atoms with Crippen LogP contribution in [0, 0.1) is 0 Å². The summed E-state index contributed by atoms with van der Waals surface area (Å²) >= 11 is 0. The molecule has 1 saturated heterocycles. The van der Waals surface area contributed by atoms with Crippen LogP contribution in [0.1, 0.15) is 59.8 Å². The first kappa shape index (κ1) is 20.6. The summed E-state index contributed by atoms with van der Waals surface area (Å²) < 4.78 is 17.0. The highest BCUT2D eigenvalue weighted by atomic mass is 16.7. The molecule has 0 aromatic carbocycles. The molecule has 1 aliphatic carbocycles. The lowest BCUT2D eigenvalue weighted by molar-refractivity contribution is -0.149. The highest BCUT2D eigenvalue weighted by molar-refractivity contribution is 6.09. The molecule has 0 saturated carbocycles. The summed E-state index contributed by atoms with van der Waals surface area (Å²) in [5, 5.41) is 0. The molecule has 0 unspecified atom stereocenters. The van der Waals surface area contributed by atoms with Gasteiger partial charge in [-0.15, -0.1) is 0 Å². The molecule has 2 atom stereocenters. The third kappa shape index (κ3) is 5.39. The fourth-order valence-electron chi connectivity index (χ4n) is 3.26. The molecule has 1 fully saturated rings. The molecule has 26 heavy (non-hydrogen) atoms. The zero-order valence-corrected chi connectivity index (χ0v) is 16.2. The van der Waals surface area contributed by atoms with Crippen molar-refractivity contribution in [3.8, 4) is 0 Å². The van der Waals surface area contributed by atoms with Gasteiger partial charge in [0.15, 0.2) is 17.2 Å². The Bertz CT molecular complexity index is 614. The summed E-state index contributed by atoms with van der Waals surface area (Å²) in [6.45, 7) is 7.56. The molecule has 1 heterocycles. The summed E-state index contributed by atoms with van der Waals surface area (Å²) in [5.74, 6) is -1.25. The number of unbranched alkanes of at least 4 members (excludes halogenated alkanes) is 3. The van der Waals surface area contributed by atoms with Crippen molar-refractivity contribution in [2.45, 2.75) is 77.3 Å². The first-order chi connectivity index (χ1) is 12.3. The van der Waals surface area contributed by atoms with Gasteiger partial charge in [0.2, 0.25) is 0 Å². The fourth-order valence-corrected chi connectivity index (χ4v) is 3.26. The summed E-state index contributed by atoms with van der Waals surface area (Å²) in [5.41, 5.74) is -0.613. The minimum Gasteiger partial charge on any atom is -0.450 e. The van der Waals surface area contributed by atoms with E-state index in [4.69, 9.17) is 14.2 Å². The Morgan fingerprint density at radius 3 is 2.73 bits per heavy atom. The molecule has 0 aromatic heterocycles. The van der Waals surface area contributed by atoms with E-state index in [-0.39, 0.29) is 11.9 Å². The molecular weight excluding hydrogens is 332 g/mol. The van der Waals surface area contributed by atoms with Crippen LogP contribution in [0.15, 0.2) is 36.0 Å². The van der Waals surface area contributed by atoms with Crippen LogP contribution in [0.2, 0.25) is 0 Å². The summed E-state index contributed by atoms with van der Waals surface area (Å²) in [7, 11) is 0. The third-order valence-corrected chi connectivity index (χ3v) is 4.50. The van der Waals surface area contributed by atoms with Crippen LogP contribution in [0.4, 0.5) is 0 Å². The van der Waals surface area contributed by atoms with Gasteiger partial charge in [-0.2, -0.15) is 0 Å². The molecule has 144 valence electrons. The van der Waals surface area contributed by atoms with Gasteiger partial charge in [0.05, 0.1) is 6.61 Å². The second-order valence-corrected chi connectivity index (χ2v) is 7.30. The third-order valence-electron chi connectivity index (χ3n) is 4.50. The van der Waals surface area contributed by atoms with Crippen molar-refractivity contribution in [2.24, 2.45) is 0 Å². The molecule has 0 spiro atoms. The van der Waals surface area contributed by atoms with Gasteiger partial charge in [-0.05, 0) is 44.9 Å². The highest BCUT2D eigenvalue weighted by Gasteiger charge is 2.43. The molecule has 0 amide bonds. The first-order valence-corrected chi connectivity index (χ1v) is 9.40. The number of carbonyl (C=O) groups excluding carboxylic acids is 2. The van der Waals surface area contributed by atoms with Crippen molar-refractivity contribution in [3.63, 3.8) is 0 Å². The lowest BCUT2D eigenvalue weighted by atomic mass is 9.90. The number of hydrogen-bond acceptors (Lipinski definition) is 5. The Labute approximate surface area is 156 Å². The van der Waals surface area contributed by atoms with Gasteiger partial charge in [0, 0.05) is 18.9 Å². The standard InChI is InChI=1S/C21H30O5/c1-5-6-7-8-9-10-12-21(25-16(2)22)13-11-19(23)18(21)14-17-15-24-20(3,4)26-17/h9-11,13-14,17H,5-8,12,15H2,1-4H3/b10-9-,18-14+/t17-,21-/m0/s1.